The number of hydrogen-bond donors (Lipinski definition) is 2. The molecule has 0 atom stereocenters. The zero-order valence-corrected chi connectivity index (χ0v) is 14.4. The summed E-state index contributed by atoms with van der Waals surface area (Å²) in [5.41, 5.74) is 13.2. The first-order chi connectivity index (χ1) is 11.1. The number of halogens is 4. The summed E-state index contributed by atoms with van der Waals surface area (Å²) in [7, 11) is 0. The van der Waals surface area contributed by atoms with E-state index in [4.69, 9.17) is 15.9 Å². The standard InChI is InChI=1S/C16H13BrF3N3O/c1-6-3-8(21)4-9(16(18,19)20)12(6)15-23-14-7(2)13(22)10(17)5-11(14)24-15/h3-5H,21-22H2,1-2H3/p+1. The van der Waals surface area contributed by atoms with Crippen molar-refractivity contribution < 1.29 is 22.6 Å². The lowest BCUT2D eigenvalue weighted by Gasteiger charge is -2.12. The lowest BCUT2D eigenvalue weighted by atomic mass is 10.00. The number of benzene rings is 2. The Balaban J connectivity index is 2.34. The Morgan fingerprint density at radius 1 is 1.12 bits per heavy atom. The number of aromatic nitrogens is 1. The van der Waals surface area contributed by atoms with Crippen LogP contribution in [0.2, 0.25) is 0 Å². The van der Waals surface area contributed by atoms with Crippen LogP contribution in [0.25, 0.3) is 22.6 Å². The highest BCUT2D eigenvalue weighted by Crippen LogP contribution is 2.40. The minimum Gasteiger partial charge on any atom is -0.399 e. The van der Waals surface area contributed by atoms with Gasteiger partial charge < -0.3 is 15.9 Å². The van der Waals surface area contributed by atoms with Gasteiger partial charge in [-0.3, -0.25) is 0 Å². The lowest BCUT2D eigenvalue weighted by Crippen LogP contribution is -2.13. The number of aryl methyl sites for hydroxylation is 2. The molecule has 1 heterocycles. The summed E-state index contributed by atoms with van der Waals surface area (Å²) in [4.78, 5) is 2.91. The molecular weight excluding hydrogens is 387 g/mol. The average molecular weight is 401 g/mol. The summed E-state index contributed by atoms with van der Waals surface area (Å²) in [6, 6.07) is 4.00. The van der Waals surface area contributed by atoms with Crippen molar-refractivity contribution >= 4 is 38.4 Å². The molecule has 3 rings (SSSR count). The molecule has 0 aliphatic carbocycles. The Hall–Kier alpha value is -2.22. The SMILES string of the molecule is Cc1cc(N)cc(C(F)(F)F)c1-c1[nH+]c2c(C)c(N)c(Br)cc2o1. The number of aromatic amines is 1. The van der Waals surface area contributed by atoms with Crippen molar-refractivity contribution in [2.75, 3.05) is 11.5 Å². The summed E-state index contributed by atoms with van der Waals surface area (Å²) in [5.74, 6) is 0.00965. The van der Waals surface area contributed by atoms with Crippen LogP contribution in [-0.2, 0) is 6.18 Å². The molecular formula is C16H14BrF3N3O+. The van der Waals surface area contributed by atoms with Gasteiger partial charge in [0.25, 0.3) is 5.52 Å². The first-order valence-corrected chi connectivity index (χ1v) is 7.77. The van der Waals surface area contributed by atoms with Gasteiger partial charge in [-0.15, -0.1) is 0 Å². The molecule has 0 saturated heterocycles. The average Bonchev–Trinajstić information content (AvgIpc) is 2.86. The third kappa shape index (κ3) is 2.60. The molecule has 0 saturated carbocycles. The van der Waals surface area contributed by atoms with Crippen LogP contribution in [0.5, 0.6) is 0 Å². The maximum absolute atomic E-state index is 13.4. The third-order valence-electron chi connectivity index (χ3n) is 3.88. The second-order valence-corrected chi connectivity index (χ2v) is 6.44. The van der Waals surface area contributed by atoms with Gasteiger partial charge in [0.15, 0.2) is 0 Å². The molecule has 4 nitrogen and oxygen atoms in total. The molecule has 24 heavy (non-hydrogen) atoms. The van der Waals surface area contributed by atoms with Crippen molar-refractivity contribution in [1.29, 1.82) is 0 Å². The van der Waals surface area contributed by atoms with Gasteiger partial charge in [0.05, 0.1) is 11.3 Å². The molecule has 0 amide bonds. The predicted molar refractivity (Wildman–Crippen MR) is 89.2 cm³/mol. The molecule has 126 valence electrons. The Kier molecular flexibility index (Phi) is 3.75. The van der Waals surface area contributed by atoms with Crippen LogP contribution >= 0.6 is 15.9 Å². The number of oxazole rings is 1. The number of alkyl halides is 3. The molecule has 1 aromatic heterocycles. The minimum absolute atomic E-state index is 0.00965. The van der Waals surface area contributed by atoms with Crippen LogP contribution in [-0.4, -0.2) is 0 Å². The van der Waals surface area contributed by atoms with Crippen molar-refractivity contribution in [3.63, 3.8) is 0 Å². The van der Waals surface area contributed by atoms with E-state index in [1.165, 1.54) is 6.07 Å². The molecule has 0 aliphatic heterocycles. The van der Waals surface area contributed by atoms with Crippen molar-refractivity contribution in [1.82, 2.24) is 0 Å². The number of H-pyrrole nitrogens is 1. The van der Waals surface area contributed by atoms with Gasteiger partial charge in [-0.25, -0.2) is 0 Å². The van der Waals surface area contributed by atoms with E-state index in [2.05, 4.69) is 20.9 Å². The van der Waals surface area contributed by atoms with Crippen molar-refractivity contribution in [2.24, 2.45) is 0 Å². The van der Waals surface area contributed by atoms with Crippen LogP contribution in [0.3, 0.4) is 0 Å². The first kappa shape index (κ1) is 16.6. The molecule has 0 radical (unpaired) electrons. The molecule has 0 bridgehead atoms. The molecule has 0 unspecified atom stereocenters. The number of rotatable bonds is 1. The number of hydrogen-bond acceptors (Lipinski definition) is 3. The van der Waals surface area contributed by atoms with Crippen LogP contribution in [0.15, 0.2) is 27.1 Å². The van der Waals surface area contributed by atoms with E-state index in [1.807, 2.05) is 0 Å². The van der Waals surface area contributed by atoms with Gasteiger partial charge in [-0.1, -0.05) is 0 Å². The van der Waals surface area contributed by atoms with E-state index >= 15 is 0 Å². The predicted octanol–water partition coefficient (Wildman–Crippen LogP) is 4.48. The molecule has 0 aliphatic rings. The number of nitrogen functional groups attached to an aromatic ring is 2. The Morgan fingerprint density at radius 2 is 1.79 bits per heavy atom. The smallest absolute Gasteiger partial charge is 0.399 e. The van der Waals surface area contributed by atoms with E-state index < -0.39 is 11.7 Å². The molecule has 5 N–H and O–H groups in total. The maximum Gasteiger partial charge on any atom is 0.417 e. The maximum atomic E-state index is 13.4. The third-order valence-corrected chi connectivity index (χ3v) is 4.54. The number of nitrogens with two attached hydrogens (primary N) is 2. The molecule has 0 fully saturated rings. The van der Waals surface area contributed by atoms with E-state index in [-0.39, 0.29) is 17.1 Å². The summed E-state index contributed by atoms with van der Waals surface area (Å²) in [6.45, 7) is 3.32. The van der Waals surface area contributed by atoms with Crippen molar-refractivity contribution in [2.45, 2.75) is 20.0 Å². The summed E-state index contributed by atoms with van der Waals surface area (Å²) < 4.78 is 46.5. The zero-order chi connectivity index (χ0) is 17.8. The van der Waals surface area contributed by atoms with Crippen LogP contribution in [0.4, 0.5) is 24.5 Å². The summed E-state index contributed by atoms with van der Waals surface area (Å²) >= 11 is 3.31. The van der Waals surface area contributed by atoms with E-state index in [0.29, 0.717) is 32.4 Å². The fourth-order valence-electron chi connectivity index (χ4n) is 2.70. The van der Waals surface area contributed by atoms with Gasteiger partial charge in [0.2, 0.25) is 5.58 Å². The topological polar surface area (TPSA) is 79.3 Å². The molecule has 8 heteroatoms. The van der Waals surface area contributed by atoms with Crippen LogP contribution < -0.4 is 16.5 Å². The van der Waals surface area contributed by atoms with Gasteiger partial charge in [0.1, 0.15) is 5.56 Å². The quantitative estimate of drug-likeness (QED) is 0.591. The number of fused-ring (bicyclic) bond motifs is 1. The van der Waals surface area contributed by atoms with Crippen LogP contribution in [0.1, 0.15) is 16.7 Å². The van der Waals surface area contributed by atoms with Crippen molar-refractivity contribution in [3.8, 4) is 11.5 Å². The molecule has 3 aromatic rings. The first-order valence-electron chi connectivity index (χ1n) is 6.97. The normalized spacial score (nSPS) is 12.1. The van der Waals surface area contributed by atoms with Crippen LogP contribution in [0, 0.1) is 13.8 Å². The zero-order valence-electron chi connectivity index (χ0n) is 12.8. The second kappa shape index (κ2) is 5.41. The van der Waals surface area contributed by atoms with Gasteiger partial charge >= 0.3 is 12.1 Å². The fourth-order valence-corrected chi connectivity index (χ4v) is 3.21. The summed E-state index contributed by atoms with van der Waals surface area (Å²) in [6.07, 6.45) is -4.56. The highest BCUT2D eigenvalue weighted by molar-refractivity contribution is 9.10. The van der Waals surface area contributed by atoms with E-state index in [0.717, 1.165) is 6.07 Å². The van der Waals surface area contributed by atoms with Gasteiger partial charge in [0, 0.05) is 21.8 Å². The Morgan fingerprint density at radius 3 is 2.42 bits per heavy atom. The highest BCUT2D eigenvalue weighted by Gasteiger charge is 2.38. The monoisotopic (exact) mass is 400 g/mol. The minimum atomic E-state index is -4.56. The fraction of sp³-hybridized carbons (Fsp3) is 0.188. The molecule has 0 spiro atoms. The molecule has 2 aromatic carbocycles. The van der Waals surface area contributed by atoms with E-state index in [9.17, 15) is 13.2 Å². The highest BCUT2D eigenvalue weighted by atomic mass is 79.9. The van der Waals surface area contributed by atoms with E-state index in [1.54, 1.807) is 19.9 Å². The van der Waals surface area contributed by atoms with Crippen molar-refractivity contribution in [3.05, 3.63) is 39.4 Å². The number of anilines is 2. The van der Waals surface area contributed by atoms with Gasteiger partial charge in [-0.2, -0.15) is 18.2 Å². The largest absolute Gasteiger partial charge is 0.417 e. The summed E-state index contributed by atoms with van der Waals surface area (Å²) in [5, 5.41) is 0. The Labute approximate surface area is 143 Å². The Bertz CT molecular complexity index is 964. The lowest BCUT2D eigenvalue weighted by molar-refractivity contribution is -0.339. The number of nitrogens with one attached hydrogen (secondary N) is 1. The van der Waals surface area contributed by atoms with Gasteiger partial charge in [-0.05, 0) is 47.5 Å². The second-order valence-electron chi connectivity index (χ2n) is 5.58.